The van der Waals surface area contributed by atoms with Gasteiger partial charge in [0.05, 0.1) is 5.69 Å². The topological polar surface area (TPSA) is 49.4 Å². The number of nitrogens with zero attached hydrogens (tertiary/aromatic N) is 1. The van der Waals surface area contributed by atoms with Crippen LogP contribution >= 0.6 is 0 Å². The number of rotatable bonds is 2. The van der Waals surface area contributed by atoms with E-state index >= 15 is 0 Å². The van der Waals surface area contributed by atoms with Gasteiger partial charge in [0.25, 0.3) is 5.91 Å². The monoisotopic (exact) mass is 296 g/mol. The highest BCUT2D eigenvalue weighted by Crippen LogP contribution is 2.30. The van der Waals surface area contributed by atoms with E-state index in [1.165, 1.54) is 6.07 Å². The van der Waals surface area contributed by atoms with Gasteiger partial charge in [-0.15, -0.1) is 0 Å². The second kappa shape index (κ2) is 5.09. The van der Waals surface area contributed by atoms with Gasteiger partial charge < -0.3 is 5.32 Å². The van der Waals surface area contributed by atoms with Gasteiger partial charge in [0.1, 0.15) is 23.2 Å². The lowest BCUT2D eigenvalue weighted by Gasteiger charge is -2.44. The molecule has 0 aromatic heterocycles. The third-order valence-corrected chi connectivity index (χ3v) is 3.54. The molecular formula is C15H18F2N2O2. The molecule has 6 heteroatoms. The molecule has 1 aliphatic heterocycles. The lowest BCUT2D eigenvalue weighted by atomic mass is 9.91. The molecule has 0 radical (unpaired) electrons. The van der Waals surface area contributed by atoms with Gasteiger partial charge in [0.15, 0.2) is 0 Å². The van der Waals surface area contributed by atoms with Gasteiger partial charge in [-0.05, 0) is 31.9 Å². The summed E-state index contributed by atoms with van der Waals surface area (Å²) in [5.41, 5.74) is -1.22. The summed E-state index contributed by atoms with van der Waals surface area (Å²) in [4.78, 5) is 26.0. The molecule has 21 heavy (non-hydrogen) atoms. The van der Waals surface area contributed by atoms with Crippen molar-refractivity contribution in [2.75, 3.05) is 4.90 Å². The van der Waals surface area contributed by atoms with E-state index in [0.717, 1.165) is 11.0 Å². The van der Waals surface area contributed by atoms with Gasteiger partial charge in [-0.2, -0.15) is 0 Å². The van der Waals surface area contributed by atoms with E-state index in [9.17, 15) is 18.4 Å². The van der Waals surface area contributed by atoms with Crippen molar-refractivity contribution in [3.05, 3.63) is 29.8 Å². The van der Waals surface area contributed by atoms with Crippen LogP contribution in [0.4, 0.5) is 14.5 Å². The number of nitrogens with one attached hydrogen (secondary N) is 1. The van der Waals surface area contributed by atoms with Gasteiger partial charge in [-0.1, -0.05) is 13.8 Å². The molecule has 0 bridgehead atoms. The zero-order valence-electron chi connectivity index (χ0n) is 12.4. The van der Waals surface area contributed by atoms with Crippen molar-refractivity contribution in [2.24, 2.45) is 5.92 Å². The molecule has 1 N–H and O–H groups in total. The third-order valence-electron chi connectivity index (χ3n) is 3.54. The lowest BCUT2D eigenvalue weighted by molar-refractivity contribution is -0.138. The summed E-state index contributed by atoms with van der Waals surface area (Å²) in [5, 5.41) is 2.64. The minimum atomic E-state index is -1.14. The van der Waals surface area contributed by atoms with Crippen LogP contribution < -0.4 is 10.2 Å². The second-order valence-electron chi connectivity index (χ2n) is 6.07. The minimum Gasteiger partial charge on any atom is -0.340 e. The average molecular weight is 296 g/mol. The molecule has 2 rings (SSSR count). The van der Waals surface area contributed by atoms with Gasteiger partial charge in [-0.25, -0.2) is 8.78 Å². The second-order valence-corrected chi connectivity index (χ2v) is 6.07. The van der Waals surface area contributed by atoms with E-state index < -0.39 is 29.1 Å². The van der Waals surface area contributed by atoms with E-state index in [0.29, 0.717) is 6.07 Å². The molecule has 114 valence electrons. The van der Waals surface area contributed by atoms with Gasteiger partial charge in [0, 0.05) is 6.07 Å². The normalized spacial score (nSPS) is 21.7. The molecule has 1 aromatic carbocycles. The zero-order valence-corrected chi connectivity index (χ0v) is 12.4. The number of amides is 2. The summed E-state index contributed by atoms with van der Waals surface area (Å²) in [6.45, 7) is 6.64. The largest absolute Gasteiger partial charge is 0.340 e. The van der Waals surface area contributed by atoms with Crippen molar-refractivity contribution in [3.8, 4) is 0 Å². The quantitative estimate of drug-likeness (QED) is 0.910. The first-order valence-corrected chi connectivity index (χ1v) is 6.76. The summed E-state index contributed by atoms with van der Waals surface area (Å²) in [6.07, 6.45) is 0. The molecule has 0 spiro atoms. The zero-order chi connectivity index (χ0) is 15.9. The van der Waals surface area contributed by atoms with Gasteiger partial charge in [-0.3, -0.25) is 14.5 Å². The Hall–Kier alpha value is -1.98. The first-order valence-electron chi connectivity index (χ1n) is 6.76. The third kappa shape index (κ3) is 2.62. The first kappa shape index (κ1) is 15.4. The molecule has 1 aromatic rings. The Labute approximate surface area is 122 Å². The van der Waals surface area contributed by atoms with Crippen LogP contribution in [-0.2, 0) is 9.59 Å². The first-order chi connectivity index (χ1) is 9.65. The number of hydrogen-bond acceptors (Lipinski definition) is 2. The smallest absolute Gasteiger partial charge is 0.253 e. The number of halogens is 2. The van der Waals surface area contributed by atoms with Crippen molar-refractivity contribution in [2.45, 2.75) is 39.3 Å². The summed E-state index contributed by atoms with van der Waals surface area (Å²) in [5.74, 6) is -2.58. The van der Waals surface area contributed by atoms with Crippen LogP contribution in [0.5, 0.6) is 0 Å². The molecule has 1 fully saturated rings. The van der Waals surface area contributed by atoms with E-state index in [-0.39, 0.29) is 17.5 Å². The van der Waals surface area contributed by atoms with Crippen molar-refractivity contribution >= 4 is 17.5 Å². The Balaban J connectivity index is 2.58. The Morgan fingerprint density at radius 3 is 2.38 bits per heavy atom. The van der Waals surface area contributed by atoms with Crippen LogP contribution in [0.15, 0.2) is 18.2 Å². The molecule has 0 aliphatic carbocycles. The Bertz CT molecular complexity index is 599. The molecule has 1 aliphatic rings. The average Bonchev–Trinajstić information content (AvgIpc) is 2.33. The number of carbonyl (C=O) groups is 2. The van der Waals surface area contributed by atoms with Crippen molar-refractivity contribution < 1.29 is 18.4 Å². The molecule has 1 atom stereocenters. The molecule has 1 saturated heterocycles. The summed E-state index contributed by atoms with van der Waals surface area (Å²) >= 11 is 0. The maximum Gasteiger partial charge on any atom is 0.253 e. The predicted molar refractivity (Wildman–Crippen MR) is 74.7 cm³/mol. The highest BCUT2D eigenvalue weighted by Gasteiger charge is 2.47. The number of hydrogen-bond donors (Lipinski definition) is 1. The van der Waals surface area contributed by atoms with Crippen LogP contribution in [0, 0.1) is 17.6 Å². The molecule has 4 nitrogen and oxygen atoms in total. The highest BCUT2D eigenvalue weighted by atomic mass is 19.1. The van der Waals surface area contributed by atoms with Crippen molar-refractivity contribution in [1.82, 2.24) is 5.32 Å². The fourth-order valence-electron chi connectivity index (χ4n) is 2.52. The number of benzene rings is 1. The molecule has 1 heterocycles. The number of anilines is 1. The number of piperazine rings is 1. The van der Waals surface area contributed by atoms with Crippen LogP contribution in [0.3, 0.4) is 0 Å². The molecule has 0 saturated carbocycles. The van der Waals surface area contributed by atoms with Crippen LogP contribution in [0.25, 0.3) is 0 Å². The maximum atomic E-state index is 14.1. The Kier molecular flexibility index (Phi) is 3.74. The predicted octanol–water partition coefficient (Wildman–Crippen LogP) is 2.23. The Morgan fingerprint density at radius 1 is 1.24 bits per heavy atom. The van der Waals surface area contributed by atoms with Gasteiger partial charge in [0.2, 0.25) is 5.91 Å². The number of carbonyl (C=O) groups excluding carboxylic acids is 2. The van der Waals surface area contributed by atoms with E-state index in [1.807, 2.05) is 0 Å². The highest BCUT2D eigenvalue weighted by molar-refractivity contribution is 6.10. The summed E-state index contributed by atoms with van der Waals surface area (Å²) < 4.78 is 27.1. The van der Waals surface area contributed by atoms with Gasteiger partial charge >= 0.3 is 0 Å². The van der Waals surface area contributed by atoms with E-state index in [2.05, 4.69) is 5.32 Å². The van der Waals surface area contributed by atoms with Crippen LogP contribution in [0.1, 0.15) is 27.7 Å². The minimum absolute atomic E-state index is 0.0805. The fourth-order valence-corrected chi connectivity index (χ4v) is 2.52. The van der Waals surface area contributed by atoms with E-state index in [1.54, 1.807) is 27.7 Å². The lowest BCUT2D eigenvalue weighted by Crippen LogP contribution is -2.69. The summed E-state index contributed by atoms with van der Waals surface area (Å²) in [6, 6.07) is 2.14. The summed E-state index contributed by atoms with van der Waals surface area (Å²) in [7, 11) is 0. The SMILES string of the molecule is CC(C)C1C(=O)NC(C)(C)C(=O)N1c1ccc(F)cc1F. The van der Waals surface area contributed by atoms with E-state index in [4.69, 9.17) is 0 Å². The Morgan fingerprint density at radius 2 is 1.86 bits per heavy atom. The molecule has 2 amide bonds. The van der Waals surface area contributed by atoms with Crippen LogP contribution in [-0.4, -0.2) is 23.4 Å². The standard InChI is InChI=1S/C15H18F2N2O2/c1-8(2)12-13(20)18-15(3,4)14(21)19(12)11-6-5-9(16)7-10(11)17/h5-8,12H,1-4H3,(H,18,20). The van der Waals surface area contributed by atoms with Crippen LogP contribution in [0.2, 0.25) is 0 Å². The van der Waals surface area contributed by atoms with Crippen molar-refractivity contribution in [3.63, 3.8) is 0 Å². The molecular weight excluding hydrogens is 278 g/mol. The van der Waals surface area contributed by atoms with Crippen molar-refractivity contribution in [1.29, 1.82) is 0 Å². The maximum absolute atomic E-state index is 14.1. The molecule has 1 unspecified atom stereocenters. The fraction of sp³-hybridized carbons (Fsp3) is 0.467.